The molecule has 6 heteroatoms. The van der Waals surface area contributed by atoms with E-state index in [1.807, 2.05) is 6.92 Å². The summed E-state index contributed by atoms with van der Waals surface area (Å²) in [5, 5.41) is 3.33. The molecular weight excluding hydrogens is 290 g/mol. The molecule has 112 valence electrons. The minimum Gasteiger partial charge on any atom is -0.491 e. The van der Waals surface area contributed by atoms with E-state index in [1.54, 1.807) is 42.1 Å². The minimum absolute atomic E-state index is 0.266. The van der Waals surface area contributed by atoms with Crippen molar-refractivity contribution in [3.05, 3.63) is 41.2 Å². The molecule has 3 N–H and O–H groups in total. The number of benzene rings is 1. The first-order valence-electron chi connectivity index (χ1n) is 6.66. The van der Waals surface area contributed by atoms with E-state index in [1.165, 1.54) is 0 Å². The summed E-state index contributed by atoms with van der Waals surface area (Å²) < 4.78 is 7.28. The van der Waals surface area contributed by atoms with Gasteiger partial charge in [-0.2, -0.15) is 0 Å². The molecule has 0 radical (unpaired) electrons. The molecule has 0 unspecified atom stereocenters. The second kappa shape index (κ2) is 6.54. The van der Waals surface area contributed by atoms with Gasteiger partial charge in [-0.25, -0.2) is 0 Å². The SMILES string of the molecule is CCCOc1ccc(Cl)cc1NC(=O)c1cc(N)cn1C. The van der Waals surface area contributed by atoms with Crippen molar-refractivity contribution in [1.29, 1.82) is 0 Å². The Morgan fingerprint density at radius 2 is 2.19 bits per heavy atom. The van der Waals surface area contributed by atoms with Gasteiger partial charge in [0.15, 0.2) is 0 Å². The maximum absolute atomic E-state index is 12.3. The molecule has 1 amide bonds. The van der Waals surface area contributed by atoms with Gasteiger partial charge in [-0.05, 0) is 30.7 Å². The lowest BCUT2D eigenvalue weighted by Crippen LogP contribution is -2.16. The number of halogens is 1. The van der Waals surface area contributed by atoms with Gasteiger partial charge in [0.05, 0.1) is 18.0 Å². The third kappa shape index (κ3) is 3.70. The van der Waals surface area contributed by atoms with Crippen molar-refractivity contribution < 1.29 is 9.53 Å². The summed E-state index contributed by atoms with van der Waals surface area (Å²) in [4.78, 5) is 12.3. The third-order valence-electron chi connectivity index (χ3n) is 2.91. The van der Waals surface area contributed by atoms with E-state index in [2.05, 4.69) is 5.32 Å². The summed E-state index contributed by atoms with van der Waals surface area (Å²) >= 11 is 5.98. The summed E-state index contributed by atoms with van der Waals surface area (Å²) in [6.07, 6.45) is 2.56. The van der Waals surface area contributed by atoms with Crippen LogP contribution in [-0.4, -0.2) is 17.1 Å². The van der Waals surface area contributed by atoms with Crippen molar-refractivity contribution in [2.75, 3.05) is 17.7 Å². The first-order chi connectivity index (χ1) is 10.0. The number of hydrogen-bond donors (Lipinski definition) is 2. The van der Waals surface area contributed by atoms with Crippen LogP contribution in [0.4, 0.5) is 11.4 Å². The van der Waals surface area contributed by atoms with Gasteiger partial charge in [-0.1, -0.05) is 18.5 Å². The molecule has 1 aromatic heterocycles. The van der Waals surface area contributed by atoms with E-state index in [0.29, 0.717) is 34.4 Å². The largest absolute Gasteiger partial charge is 0.491 e. The fraction of sp³-hybridized carbons (Fsp3) is 0.267. The van der Waals surface area contributed by atoms with Gasteiger partial charge in [-0.3, -0.25) is 4.79 Å². The van der Waals surface area contributed by atoms with Crippen molar-refractivity contribution >= 4 is 28.9 Å². The number of nitrogens with zero attached hydrogens (tertiary/aromatic N) is 1. The summed E-state index contributed by atoms with van der Waals surface area (Å²) in [6, 6.07) is 6.75. The second-order valence-corrected chi connectivity index (χ2v) is 5.15. The monoisotopic (exact) mass is 307 g/mol. The molecule has 1 aromatic carbocycles. The Balaban J connectivity index is 2.23. The zero-order valence-electron chi connectivity index (χ0n) is 12.0. The highest BCUT2D eigenvalue weighted by Crippen LogP contribution is 2.28. The zero-order valence-corrected chi connectivity index (χ0v) is 12.8. The highest BCUT2D eigenvalue weighted by Gasteiger charge is 2.14. The van der Waals surface area contributed by atoms with Crippen molar-refractivity contribution in [2.24, 2.45) is 7.05 Å². The zero-order chi connectivity index (χ0) is 15.4. The van der Waals surface area contributed by atoms with Crippen LogP contribution in [0.2, 0.25) is 5.02 Å². The van der Waals surface area contributed by atoms with Crippen molar-refractivity contribution in [1.82, 2.24) is 4.57 Å². The predicted octanol–water partition coefficient (Wildman–Crippen LogP) is 3.30. The van der Waals surface area contributed by atoms with Crippen molar-refractivity contribution in [2.45, 2.75) is 13.3 Å². The molecule has 0 aliphatic rings. The lowest BCUT2D eigenvalue weighted by Gasteiger charge is -2.12. The van der Waals surface area contributed by atoms with E-state index < -0.39 is 0 Å². The quantitative estimate of drug-likeness (QED) is 0.890. The van der Waals surface area contributed by atoms with Crippen LogP contribution in [0.5, 0.6) is 5.75 Å². The van der Waals surface area contributed by atoms with Gasteiger partial charge in [0.2, 0.25) is 0 Å². The van der Waals surface area contributed by atoms with E-state index in [0.717, 1.165) is 6.42 Å². The number of nitrogen functional groups attached to an aromatic ring is 1. The highest BCUT2D eigenvalue weighted by molar-refractivity contribution is 6.31. The number of carbonyl (C=O) groups excluding carboxylic acids is 1. The topological polar surface area (TPSA) is 69.3 Å². The van der Waals surface area contributed by atoms with Crippen molar-refractivity contribution in [3.8, 4) is 5.75 Å². The average Bonchev–Trinajstić information content (AvgIpc) is 2.77. The first kappa shape index (κ1) is 15.3. The number of amides is 1. The summed E-state index contributed by atoms with van der Waals surface area (Å²) in [5.41, 5.74) is 7.23. The maximum atomic E-state index is 12.3. The van der Waals surface area contributed by atoms with Gasteiger partial charge in [0.25, 0.3) is 5.91 Å². The number of aromatic nitrogens is 1. The fourth-order valence-corrected chi connectivity index (χ4v) is 2.11. The second-order valence-electron chi connectivity index (χ2n) is 4.71. The van der Waals surface area contributed by atoms with Gasteiger partial charge in [0.1, 0.15) is 11.4 Å². The first-order valence-corrected chi connectivity index (χ1v) is 7.04. The molecule has 21 heavy (non-hydrogen) atoms. The summed E-state index contributed by atoms with van der Waals surface area (Å²) in [7, 11) is 1.76. The predicted molar refractivity (Wildman–Crippen MR) is 85.0 cm³/mol. The van der Waals surface area contributed by atoms with Crippen LogP contribution >= 0.6 is 11.6 Å². The Morgan fingerprint density at radius 1 is 1.43 bits per heavy atom. The molecule has 0 fully saturated rings. The molecule has 0 aliphatic heterocycles. The highest BCUT2D eigenvalue weighted by atomic mass is 35.5. The van der Waals surface area contributed by atoms with Gasteiger partial charge >= 0.3 is 0 Å². The summed E-state index contributed by atoms with van der Waals surface area (Å²) in [5.74, 6) is 0.328. The van der Waals surface area contributed by atoms with Crippen LogP contribution in [0.15, 0.2) is 30.5 Å². The van der Waals surface area contributed by atoms with Crippen molar-refractivity contribution in [3.63, 3.8) is 0 Å². The van der Waals surface area contributed by atoms with E-state index in [4.69, 9.17) is 22.1 Å². The van der Waals surface area contributed by atoms with E-state index >= 15 is 0 Å². The lowest BCUT2D eigenvalue weighted by molar-refractivity contribution is 0.101. The Labute approximate surface area is 128 Å². The minimum atomic E-state index is -0.266. The number of nitrogens with two attached hydrogens (primary N) is 1. The summed E-state index contributed by atoms with van der Waals surface area (Å²) in [6.45, 7) is 2.59. The van der Waals surface area contributed by atoms with Gasteiger partial charge in [-0.15, -0.1) is 0 Å². The molecule has 0 spiro atoms. The van der Waals surface area contributed by atoms with E-state index in [9.17, 15) is 4.79 Å². The Morgan fingerprint density at radius 3 is 2.81 bits per heavy atom. The smallest absolute Gasteiger partial charge is 0.272 e. The van der Waals surface area contributed by atoms with E-state index in [-0.39, 0.29) is 5.91 Å². The Hall–Kier alpha value is -2.14. The number of nitrogens with one attached hydrogen (secondary N) is 1. The average molecular weight is 308 g/mol. The van der Waals surface area contributed by atoms with Crippen LogP contribution in [-0.2, 0) is 7.05 Å². The van der Waals surface area contributed by atoms with Crippen LogP contribution in [0.25, 0.3) is 0 Å². The normalized spacial score (nSPS) is 10.4. The number of hydrogen-bond acceptors (Lipinski definition) is 3. The molecule has 0 saturated heterocycles. The molecule has 0 aliphatic carbocycles. The molecule has 2 rings (SSSR count). The molecular formula is C15H18ClN3O2. The number of ether oxygens (including phenoxy) is 1. The van der Waals surface area contributed by atoms with Gasteiger partial charge < -0.3 is 20.4 Å². The number of rotatable bonds is 5. The van der Waals surface area contributed by atoms with Crippen LogP contribution in [0.3, 0.4) is 0 Å². The Bertz CT molecular complexity index is 652. The lowest BCUT2D eigenvalue weighted by atomic mass is 10.2. The Kier molecular flexibility index (Phi) is 4.75. The molecule has 0 bridgehead atoms. The van der Waals surface area contributed by atoms with Crippen LogP contribution < -0.4 is 15.8 Å². The third-order valence-corrected chi connectivity index (χ3v) is 3.15. The van der Waals surface area contributed by atoms with Gasteiger partial charge in [0, 0.05) is 18.3 Å². The number of anilines is 2. The molecule has 5 nitrogen and oxygen atoms in total. The van der Waals surface area contributed by atoms with Crippen LogP contribution in [0, 0.1) is 0 Å². The number of aryl methyl sites for hydroxylation is 1. The molecule has 0 saturated carbocycles. The standard InChI is InChI=1S/C15H18ClN3O2/c1-3-6-21-14-5-4-10(16)7-12(14)18-15(20)13-8-11(17)9-19(13)2/h4-5,7-9H,3,6,17H2,1-2H3,(H,18,20). The molecule has 0 atom stereocenters. The number of carbonyl (C=O) groups is 1. The fourth-order valence-electron chi connectivity index (χ4n) is 1.94. The molecule has 1 heterocycles. The maximum Gasteiger partial charge on any atom is 0.272 e. The molecule has 2 aromatic rings. The van der Waals surface area contributed by atoms with Crippen LogP contribution in [0.1, 0.15) is 23.8 Å².